The van der Waals surface area contributed by atoms with E-state index < -0.39 is 0 Å². The minimum atomic E-state index is -0.00338. The van der Waals surface area contributed by atoms with Gasteiger partial charge in [-0.3, -0.25) is 4.90 Å². The first kappa shape index (κ1) is 12.9. The van der Waals surface area contributed by atoms with Gasteiger partial charge in [0.1, 0.15) is 0 Å². The largest absolute Gasteiger partial charge is 0.395 e. The van der Waals surface area contributed by atoms with Gasteiger partial charge in [-0.05, 0) is 26.3 Å². The van der Waals surface area contributed by atoms with Gasteiger partial charge in [0.05, 0.1) is 12.7 Å². The molecule has 0 aliphatic carbocycles. The number of likely N-dealkylation sites (N-methyl/N-ethyl adjacent to an activating group) is 1. The second-order valence-corrected chi connectivity index (χ2v) is 4.33. The highest BCUT2D eigenvalue weighted by Gasteiger charge is 2.25. The van der Waals surface area contributed by atoms with Crippen LogP contribution in [0.5, 0.6) is 0 Å². The third kappa shape index (κ3) is 3.72. The van der Waals surface area contributed by atoms with Gasteiger partial charge in [-0.1, -0.05) is 6.92 Å². The predicted molar refractivity (Wildman–Crippen MR) is 60.7 cm³/mol. The standard InChI is InChI=1S/C11H24N2O2/c1-3-13(11(8-14)9(2)12)7-10-5-4-6-15-10/h9-11,14H,3-8,12H2,1-2H3. The van der Waals surface area contributed by atoms with Crippen LogP contribution in [0.1, 0.15) is 26.7 Å². The summed E-state index contributed by atoms with van der Waals surface area (Å²) < 4.78 is 5.60. The van der Waals surface area contributed by atoms with Crippen molar-refractivity contribution in [2.24, 2.45) is 5.73 Å². The third-order valence-corrected chi connectivity index (χ3v) is 3.13. The molecule has 0 bridgehead atoms. The maximum atomic E-state index is 9.31. The number of aliphatic hydroxyl groups excluding tert-OH is 1. The quantitative estimate of drug-likeness (QED) is 0.666. The van der Waals surface area contributed by atoms with Gasteiger partial charge >= 0.3 is 0 Å². The molecule has 3 unspecified atom stereocenters. The molecule has 1 rings (SSSR count). The lowest BCUT2D eigenvalue weighted by molar-refractivity contribution is 0.0390. The van der Waals surface area contributed by atoms with Crippen molar-refractivity contribution < 1.29 is 9.84 Å². The fraction of sp³-hybridized carbons (Fsp3) is 1.00. The average molecular weight is 216 g/mol. The molecular formula is C11H24N2O2. The molecule has 1 saturated heterocycles. The van der Waals surface area contributed by atoms with Crippen LogP contribution in [-0.4, -0.2) is 54.5 Å². The first-order valence-electron chi connectivity index (χ1n) is 5.91. The van der Waals surface area contributed by atoms with Gasteiger partial charge < -0.3 is 15.6 Å². The van der Waals surface area contributed by atoms with Gasteiger partial charge in [0.15, 0.2) is 0 Å². The highest BCUT2D eigenvalue weighted by Crippen LogP contribution is 2.15. The summed E-state index contributed by atoms with van der Waals surface area (Å²) in [5, 5.41) is 9.31. The summed E-state index contributed by atoms with van der Waals surface area (Å²) in [6.07, 6.45) is 2.62. The lowest BCUT2D eigenvalue weighted by Gasteiger charge is -2.33. The molecule has 3 N–H and O–H groups in total. The van der Waals surface area contributed by atoms with Crippen molar-refractivity contribution in [3.8, 4) is 0 Å². The summed E-state index contributed by atoms with van der Waals surface area (Å²) in [5.41, 5.74) is 5.86. The van der Waals surface area contributed by atoms with Gasteiger partial charge in [-0.25, -0.2) is 0 Å². The zero-order valence-corrected chi connectivity index (χ0v) is 9.85. The summed E-state index contributed by atoms with van der Waals surface area (Å²) in [5.74, 6) is 0. The van der Waals surface area contributed by atoms with Gasteiger partial charge in [0, 0.05) is 25.2 Å². The Morgan fingerprint density at radius 3 is 2.73 bits per heavy atom. The number of aliphatic hydroxyl groups is 1. The molecule has 1 fully saturated rings. The van der Waals surface area contributed by atoms with Crippen LogP contribution in [0.4, 0.5) is 0 Å². The lowest BCUT2D eigenvalue weighted by Crippen LogP contribution is -2.50. The first-order chi connectivity index (χ1) is 7.19. The number of ether oxygens (including phenoxy) is 1. The molecule has 0 aromatic heterocycles. The second-order valence-electron chi connectivity index (χ2n) is 4.33. The molecule has 4 heteroatoms. The van der Waals surface area contributed by atoms with Crippen LogP contribution in [0.15, 0.2) is 0 Å². The van der Waals surface area contributed by atoms with Crippen LogP contribution < -0.4 is 5.73 Å². The van der Waals surface area contributed by atoms with Crippen LogP contribution in [0.3, 0.4) is 0 Å². The molecule has 0 aromatic rings. The summed E-state index contributed by atoms with van der Waals surface area (Å²) in [6, 6.07) is 0.0514. The molecule has 15 heavy (non-hydrogen) atoms. The van der Waals surface area contributed by atoms with Crippen LogP contribution in [0.2, 0.25) is 0 Å². The van der Waals surface area contributed by atoms with Crippen LogP contribution in [0.25, 0.3) is 0 Å². The molecule has 0 amide bonds. The molecule has 0 radical (unpaired) electrons. The van der Waals surface area contributed by atoms with E-state index in [4.69, 9.17) is 10.5 Å². The van der Waals surface area contributed by atoms with Gasteiger partial charge in [-0.2, -0.15) is 0 Å². The van der Waals surface area contributed by atoms with E-state index in [1.807, 2.05) is 6.92 Å². The Morgan fingerprint density at radius 2 is 2.33 bits per heavy atom. The molecule has 1 aliphatic heterocycles. The number of rotatable bonds is 6. The van der Waals surface area contributed by atoms with E-state index in [0.717, 1.165) is 32.5 Å². The Bertz CT molecular complexity index is 170. The minimum Gasteiger partial charge on any atom is -0.395 e. The molecule has 90 valence electrons. The monoisotopic (exact) mass is 216 g/mol. The van der Waals surface area contributed by atoms with Crippen molar-refractivity contribution >= 4 is 0 Å². The van der Waals surface area contributed by atoms with Gasteiger partial charge in [0.25, 0.3) is 0 Å². The SMILES string of the molecule is CCN(CC1CCCO1)C(CO)C(C)N. The Kier molecular flexibility index (Phi) is 5.53. The molecule has 1 aliphatic rings. The predicted octanol–water partition coefficient (Wildman–Crippen LogP) is 0.195. The summed E-state index contributed by atoms with van der Waals surface area (Å²) in [4.78, 5) is 2.22. The van der Waals surface area contributed by atoms with E-state index in [0.29, 0.717) is 6.10 Å². The van der Waals surface area contributed by atoms with E-state index in [9.17, 15) is 5.11 Å². The first-order valence-corrected chi connectivity index (χ1v) is 5.91. The molecule has 0 spiro atoms. The maximum absolute atomic E-state index is 9.31. The Morgan fingerprint density at radius 1 is 1.60 bits per heavy atom. The smallest absolute Gasteiger partial charge is 0.0702 e. The lowest BCUT2D eigenvalue weighted by atomic mass is 10.1. The highest BCUT2D eigenvalue weighted by atomic mass is 16.5. The van der Waals surface area contributed by atoms with E-state index in [-0.39, 0.29) is 18.7 Å². The maximum Gasteiger partial charge on any atom is 0.0702 e. The molecule has 0 aromatic carbocycles. The number of hydrogen-bond acceptors (Lipinski definition) is 4. The van der Waals surface area contributed by atoms with Crippen LogP contribution >= 0.6 is 0 Å². The van der Waals surface area contributed by atoms with Crippen molar-refractivity contribution in [2.45, 2.75) is 44.9 Å². The zero-order chi connectivity index (χ0) is 11.3. The third-order valence-electron chi connectivity index (χ3n) is 3.13. The van der Waals surface area contributed by atoms with Gasteiger partial charge in [-0.15, -0.1) is 0 Å². The topological polar surface area (TPSA) is 58.7 Å². The van der Waals surface area contributed by atoms with Crippen molar-refractivity contribution in [2.75, 3.05) is 26.3 Å². The van der Waals surface area contributed by atoms with E-state index >= 15 is 0 Å². The van der Waals surface area contributed by atoms with E-state index in [1.165, 1.54) is 0 Å². The fourth-order valence-corrected chi connectivity index (χ4v) is 2.16. The zero-order valence-electron chi connectivity index (χ0n) is 9.85. The molecule has 1 heterocycles. The summed E-state index contributed by atoms with van der Waals surface area (Å²) in [6.45, 7) is 6.84. The fourth-order valence-electron chi connectivity index (χ4n) is 2.16. The van der Waals surface area contributed by atoms with Crippen molar-refractivity contribution in [3.63, 3.8) is 0 Å². The normalized spacial score (nSPS) is 25.8. The molecule has 4 nitrogen and oxygen atoms in total. The Labute approximate surface area is 92.4 Å². The van der Waals surface area contributed by atoms with Crippen LogP contribution in [-0.2, 0) is 4.74 Å². The second kappa shape index (κ2) is 6.43. The Hall–Kier alpha value is -0.160. The van der Waals surface area contributed by atoms with Crippen LogP contribution in [0, 0.1) is 0 Å². The Balaban J connectivity index is 2.44. The number of hydrogen-bond donors (Lipinski definition) is 2. The van der Waals surface area contributed by atoms with Crippen molar-refractivity contribution in [3.05, 3.63) is 0 Å². The highest BCUT2D eigenvalue weighted by molar-refractivity contribution is 4.81. The number of nitrogens with two attached hydrogens (primary N) is 1. The molecule has 0 saturated carbocycles. The summed E-state index contributed by atoms with van der Waals surface area (Å²) in [7, 11) is 0. The summed E-state index contributed by atoms with van der Waals surface area (Å²) >= 11 is 0. The molecular weight excluding hydrogens is 192 g/mol. The van der Waals surface area contributed by atoms with E-state index in [1.54, 1.807) is 0 Å². The minimum absolute atomic E-state index is 0.00338. The van der Waals surface area contributed by atoms with Crippen molar-refractivity contribution in [1.82, 2.24) is 4.90 Å². The van der Waals surface area contributed by atoms with Crippen molar-refractivity contribution in [1.29, 1.82) is 0 Å². The molecule has 3 atom stereocenters. The average Bonchev–Trinajstić information content (AvgIpc) is 2.69. The van der Waals surface area contributed by atoms with Gasteiger partial charge in [0.2, 0.25) is 0 Å². The van der Waals surface area contributed by atoms with E-state index in [2.05, 4.69) is 11.8 Å². The number of nitrogens with zero attached hydrogens (tertiary/aromatic N) is 1.